The number of phenolic OH excluding ortho intramolecular Hbond substituents is 1. The molecule has 1 aromatic carbocycles. The Balaban J connectivity index is 1.90. The van der Waals surface area contributed by atoms with Gasteiger partial charge in [0, 0.05) is 42.0 Å². The average Bonchev–Trinajstić information content (AvgIpc) is 3.08. The second-order valence-electron chi connectivity index (χ2n) is 5.30. The first-order chi connectivity index (χ1) is 11.0. The first kappa shape index (κ1) is 15.4. The molecule has 23 heavy (non-hydrogen) atoms. The molecule has 0 aliphatic heterocycles. The van der Waals surface area contributed by atoms with Crippen LogP contribution in [-0.2, 0) is 11.2 Å². The molecule has 1 heterocycles. The minimum atomic E-state index is -0.0793. The molecule has 1 aliphatic carbocycles. The lowest BCUT2D eigenvalue weighted by Crippen LogP contribution is -2.27. The highest BCUT2D eigenvalue weighted by molar-refractivity contribution is 7.14. The maximum absolute atomic E-state index is 12.4. The number of hydrogen-bond donors (Lipinski definition) is 1. The van der Waals surface area contributed by atoms with Crippen LogP contribution in [0.15, 0.2) is 29.2 Å². The molecule has 1 aromatic heterocycles. The van der Waals surface area contributed by atoms with Crippen LogP contribution >= 0.6 is 11.3 Å². The van der Waals surface area contributed by atoms with Crippen molar-refractivity contribution in [3.63, 3.8) is 0 Å². The number of phenols is 1. The molecule has 0 spiro atoms. The number of thiazole rings is 1. The molecule has 0 fully saturated rings. The molecule has 1 amide bonds. The number of rotatable bonds is 3. The molecule has 1 N–H and O–H groups in total. The lowest BCUT2D eigenvalue weighted by molar-refractivity contribution is -0.116. The van der Waals surface area contributed by atoms with Crippen LogP contribution in [0.1, 0.15) is 35.5 Å². The fraction of sp³-hybridized carbons (Fsp3) is 0.235. The Hall–Kier alpha value is -2.47. The van der Waals surface area contributed by atoms with Gasteiger partial charge in [-0.2, -0.15) is 0 Å². The molecule has 0 atom stereocenters. The van der Waals surface area contributed by atoms with Crippen molar-refractivity contribution in [3.8, 4) is 5.75 Å². The molecule has 0 unspecified atom stereocenters. The van der Waals surface area contributed by atoms with Gasteiger partial charge in [0.1, 0.15) is 5.75 Å². The third kappa shape index (κ3) is 2.77. The van der Waals surface area contributed by atoms with Crippen LogP contribution in [0.25, 0.3) is 6.08 Å². The zero-order valence-electron chi connectivity index (χ0n) is 12.9. The predicted octanol–water partition coefficient (Wildman–Crippen LogP) is 3.04. The SMILES string of the molecule is CCN(C(C)=O)c1nc(/C=C2/Cc3c(O)cccc3C2=O)cs1. The van der Waals surface area contributed by atoms with Crippen LogP contribution in [0.2, 0.25) is 0 Å². The first-order valence-corrected chi connectivity index (χ1v) is 8.19. The number of ketones is 1. The van der Waals surface area contributed by atoms with E-state index in [-0.39, 0.29) is 17.4 Å². The summed E-state index contributed by atoms with van der Waals surface area (Å²) in [5.74, 6) is 0.00615. The number of amides is 1. The fourth-order valence-electron chi connectivity index (χ4n) is 2.67. The van der Waals surface area contributed by atoms with Gasteiger partial charge in [-0.05, 0) is 19.1 Å². The van der Waals surface area contributed by atoms with Gasteiger partial charge < -0.3 is 5.11 Å². The van der Waals surface area contributed by atoms with Gasteiger partial charge in [0.05, 0.1) is 5.69 Å². The van der Waals surface area contributed by atoms with Crippen molar-refractivity contribution in [2.75, 3.05) is 11.4 Å². The standard InChI is InChI=1S/C17H16N2O3S/c1-3-19(10(2)20)17-18-12(9-23-17)7-11-8-14-13(16(11)22)5-4-6-15(14)21/h4-7,9,21H,3,8H2,1-2H3/b11-7-. The number of Topliss-reactive ketones (excluding diaryl/α,β-unsaturated/α-hetero) is 1. The predicted molar refractivity (Wildman–Crippen MR) is 89.9 cm³/mol. The lowest BCUT2D eigenvalue weighted by atomic mass is 10.1. The zero-order chi connectivity index (χ0) is 16.6. The van der Waals surface area contributed by atoms with Crippen molar-refractivity contribution < 1.29 is 14.7 Å². The van der Waals surface area contributed by atoms with Crippen LogP contribution < -0.4 is 4.90 Å². The van der Waals surface area contributed by atoms with Crippen molar-refractivity contribution in [3.05, 3.63) is 46.0 Å². The Morgan fingerprint density at radius 3 is 2.91 bits per heavy atom. The van der Waals surface area contributed by atoms with E-state index in [4.69, 9.17) is 0 Å². The second kappa shape index (κ2) is 5.96. The van der Waals surface area contributed by atoms with Gasteiger partial charge in [-0.3, -0.25) is 14.5 Å². The van der Waals surface area contributed by atoms with Crippen molar-refractivity contribution in [1.82, 2.24) is 4.98 Å². The number of nitrogens with zero attached hydrogens (tertiary/aromatic N) is 2. The topological polar surface area (TPSA) is 70.5 Å². The summed E-state index contributed by atoms with van der Waals surface area (Å²) in [6, 6.07) is 4.98. The van der Waals surface area contributed by atoms with E-state index >= 15 is 0 Å². The van der Waals surface area contributed by atoms with Gasteiger partial charge in [0.25, 0.3) is 0 Å². The fourth-order valence-corrected chi connectivity index (χ4v) is 3.56. The van der Waals surface area contributed by atoms with E-state index in [1.165, 1.54) is 18.3 Å². The monoisotopic (exact) mass is 328 g/mol. The Bertz CT molecular complexity index is 823. The van der Waals surface area contributed by atoms with Crippen LogP contribution in [0.5, 0.6) is 5.75 Å². The van der Waals surface area contributed by atoms with E-state index in [1.807, 2.05) is 12.3 Å². The van der Waals surface area contributed by atoms with Crippen LogP contribution in [-0.4, -0.2) is 28.3 Å². The molecule has 3 rings (SSSR count). The Labute approximate surface area is 137 Å². The van der Waals surface area contributed by atoms with E-state index in [1.54, 1.807) is 29.2 Å². The van der Waals surface area contributed by atoms with E-state index in [2.05, 4.69) is 4.98 Å². The molecule has 1 aliphatic rings. The molecule has 0 saturated carbocycles. The van der Waals surface area contributed by atoms with Crippen molar-refractivity contribution in [2.24, 2.45) is 0 Å². The van der Waals surface area contributed by atoms with E-state index in [9.17, 15) is 14.7 Å². The molecule has 118 valence electrons. The number of carbonyl (C=O) groups is 2. The number of carbonyl (C=O) groups excluding carboxylic acids is 2. The van der Waals surface area contributed by atoms with Gasteiger partial charge in [-0.15, -0.1) is 11.3 Å². The molecule has 5 nitrogen and oxygen atoms in total. The van der Waals surface area contributed by atoms with Gasteiger partial charge in [-0.25, -0.2) is 4.98 Å². The summed E-state index contributed by atoms with van der Waals surface area (Å²) in [5, 5.41) is 12.3. The Morgan fingerprint density at radius 1 is 1.48 bits per heavy atom. The summed E-state index contributed by atoms with van der Waals surface area (Å²) in [6.45, 7) is 3.95. The molecular formula is C17H16N2O3S. The first-order valence-electron chi connectivity index (χ1n) is 7.31. The minimum Gasteiger partial charge on any atom is -0.508 e. The highest BCUT2D eigenvalue weighted by Gasteiger charge is 2.27. The van der Waals surface area contributed by atoms with Crippen LogP contribution in [0.3, 0.4) is 0 Å². The van der Waals surface area contributed by atoms with Crippen LogP contribution in [0, 0.1) is 0 Å². The number of aromatic hydroxyl groups is 1. The highest BCUT2D eigenvalue weighted by Crippen LogP contribution is 2.34. The highest BCUT2D eigenvalue weighted by atomic mass is 32.1. The Morgan fingerprint density at radius 2 is 2.26 bits per heavy atom. The molecular weight excluding hydrogens is 312 g/mol. The average molecular weight is 328 g/mol. The summed E-state index contributed by atoms with van der Waals surface area (Å²) in [4.78, 5) is 30.0. The molecule has 6 heteroatoms. The largest absolute Gasteiger partial charge is 0.508 e. The number of anilines is 1. The van der Waals surface area contributed by atoms with Gasteiger partial charge in [-0.1, -0.05) is 12.1 Å². The van der Waals surface area contributed by atoms with Crippen molar-refractivity contribution in [1.29, 1.82) is 0 Å². The number of hydrogen-bond acceptors (Lipinski definition) is 5. The van der Waals surface area contributed by atoms with E-state index < -0.39 is 0 Å². The summed E-state index contributed by atoms with van der Waals surface area (Å²) in [7, 11) is 0. The molecule has 0 bridgehead atoms. The second-order valence-corrected chi connectivity index (χ2v) is 6.13. The smallest absolute Gasteiger partial charge is 0.225 e. The van der Waals surface area contributed by atoms with E-state index in [0.717, 1.165) is 0 Å². The number of benzene rings is 1. The van der Waals surface area contributed by atoms with Gasteiger partial charge in [0.15, 0.2) is 10.9 Å². The third-order valence-electron chi connectivity index (χ3n) is 3.81. The van der Waals surface area contributed by atoms with E-state index in [0.29, 0.717) is 40.5 Å². The maximum atomic E-state index is 12.4. The zero-order valence-corrected chi connectivity index (χ0v) is 13.7. The Kier molecular flexibility index (Phi) is 4.00. The number of fused-ring (bicyclic) bond motifs is 1. The summed E-state index contributed by atoms with van der Waals surface area (Å²) < 4.78 is 0. The quantitative estimate of drug-likeness (QED) is 0.879. The van der Waals surface area contributed by atoms with Gasteiger partial charge in [0.2, 0.25) is 5.91 Å². The molecule has 0 radical (unpaired) electrons. The molecule has 0 saturated heterocycles. The normalized spacial score (nSPS) is 15.0. The maximum Gasteiger partial charge on any atom is 0.225 e. The number of allylic oxidation sites excluding steroid dienone is 1. The van der Waals surface area contributed by atoms with Crippen molar-refractivity contribution in [2.45, 2.75) is 20.3 Å². The lowest BCUT2D eigenvalue weighted by Gasteiger charge is -2.14. The number of aromatic nitrogens is 1. The summed E-state index contributed by atoms with van der Waals surface area (Å²) in [6.07, 6.45) is 2.13. The van der Waals surface area contributed by atoms with Crippen LogP contribution in [0.4, 0.5) is 5.13 Å². The third-order valence-corrected chi connectivity index (χ3v) is 4.70. The van der Waals surface area contributed by atoms with Crippen molar-refractivity contribution >= 4 is 34.2 Å². The minimum absolute atomic E-state index is 0.0599. The summed E-state index contributed by atoms with van der Waals surface area (Å²) in [5.41, 5.74) is 2.47. The summed E-state index contributed by atoms with van der Waals surface area (Å²) >= 11 is 1.37. The molecule has 2 aromatic rings. The van der Waals surface area contributed by atoms with Gasteiger partial charge >= 0.3 is 0 Å².